The fraction of sp³-hybridized carbons (Fsp3) is 0.333. The number of imide groups is 2. The van der Waals surface area contributed by atoms with Gasteiger partial charge in [-0.3, -0.25) is 29.4 Å². The molecule has 4 amide bonds. The van der Waals surface area contributed by atoms with Gasteiger partial charge in [-0.05, 0) is 59.4 Å². The summed E-state index contributed by atoms with van der Waals surface area (Å²) in [5.41, 5.74) is 4.18. The molecular weight excluding hydrogens is 743 g/mol. The first-order valence-corrected chi connectivity index (χ1v) is 19.1. The van der Waals surface area contributed by atoms with Gasteiger partial charge in [0.2, 0.25) is 11.8 Å². The van der Waals surface area contributed by atoms with Gasteiger partial charge in [-0.2, -0.15) is 0 Å². The van der Waals surface area contributed by atoms with Crippen LogP contribution in [0, 0.1) is 0 Å². The van der Waals surface area contributed by atoms with E-state index in [1.54, 1.807) is 36.4 Å². The highest BCUT2D eigenvalue weighted by Gasteiger charge is 2.37. The van der Waals surface area contributed by atoms with Crippen LogP contribution in [0.15, 0.2) is 140 Å². The highest BCUT2D eigenvalue weighted by Crippen LogP contribution is 2.30. The van der Waals surface area contributed by atoms with Crippen LogP contribution in [0.3, 0.4) is 0 Å². The Morgan fingerprint density at radius 3 is 2.10 bits per heavy atom. The normalized spacial score (nSPS) is 18.6. The SMILES string of the molecule is C=C\C=C/C=C/C(CC)=C(\C(=C)/C=C\C(=C)OCCOCCOCCOCCOCCNC1=C\C(=O)N(C2CCC(=O)NC2=O)C(=O)/C=C/C=C\1)c1ccc(O)cc1. The summed E-state index contributed by atoms with van der Waals surface area (Å²) in [6.07, 6.45) is 21.2. The molecule has 2 aliphatic rings. The number of phenolic OH excluding ortho intramolecular Hbond substituents is 1. The lowest BCUT2D eigenvalue weighted by molar-refractivity contribution is -0.150. The quantitative estimate of drug-likeness (QED) is 0.0482. The molecule has 13 heteroatoms. The van der Waals surface area contributed by atoms with Crippen LogP contribution in [0.25, 0.3) is 5.57 Å². The van der Waals surface area contributed by atoms with Gasteiger partial charge in [0.05, 0.1) is 52.9 Å². The van der Waals surface area contributed by atoms with Crippen LogP contribution in [-0.2, 0) is 42.9 Å². The van der Waals surface area contributed by atoms with Gasteiger partial charge in [0.25, 0.3) is 11.8 Å². The average Bonchev–Trinajstić information content (AvgIpc) is 3.27. The first-order chi connectivity index (χ1) is 28.1. The second-order valence-corrected chi connectivity index (χ2v) is 12.7. The molecular formula is C45H55N3O10. The van der Waals surface area contributed by atoms with E-state index in [0.29, 0.717) is 77.5 Å². The molecule has 3 N–H and O–H groups in total. The maximum absolute atomic E-state index is 13.0. The largest absolute Gasteiger partial charge is 0.508 e. The van der Waals surface area contributed by atoms with E-state index < -0.39 is 29.7 Å². The molecule has 3 rings (SSSR count). The first-order valence-electron chi connectivity index (χ1n) is 19.1. The summed E-state index contributed by atoms with van der Waals surface area (Å²) in [6.45, 7) is 17.8. The number of rotatable bonds is 26. The third kappa shape index (κ3) is 17.1. The lowest BCUT2D eigenvalue weighted by Gasteiger charge is -2.30. The highest BCUT2D eigenvalue weighted by atomic mass is 16.6. The molecule has 13 nitrogen and oxygen atoms in total. The Morgan fingerprint density at radius 1 is 0.828 bits per heavy atom. The maximum atomic E-state index is 13.0. The molecule has 1 aromatic rings. The Labute approximate surface area is 341 Å². The number of benzene rings is 1. The summed E-state index contributed by atoms with van der Waals surface area (Å²) in [7, 11) is 0. The van der Waals surface area contributed by atoms with Gasteiger partial charge in [-0.25, -0.2) is 0 Å². The smallest absolute Gasteiger partial charge is 0.256 e. The zero-order chi connectivity index (χ0) is 42.0. The molecule has 2 aliphatic heterocycles. The number of aromatic hydroxyl groups is 1. The van der Waals surface area contributed by atoms with E-state index in [1.165, 1.54) is 18.2 Å². The van der Waals surface area contributed by atoms with Gasteiger partial charge < -0.3 is 34.1 Å². The molecule has 310 valence electrons. The molecule has 0 aliphatic carbocycles. The van der Waals surface area contributed by atoms with Crippen LogP contribution in [0.5, 0.6) is 5.75 Å². The van der Waals surface area contributed by atoms with Crippen molar-refractivity contribution in [2.45, 2.75) is 32.2 Å². The average molecular weight is 798 g/mol. The van der Waals surface area contributed by atoms with E-state index in [4.69, 9.17) is 23.7 Å². The van der Waals surface area contributed by atoms with Gasteiger partial charge in [0, 0.05) is 30.8 Å². The van der Waals surface area contributed by atoms with E-state index in [1.807, 2.05) is 42.5 Å². The number of allylic oxidation sites excluding steroid dienone is 13. The maximum Gasteiger partial charge on any atom is 0.256 e. The van der Waals surface area contributed by atoms with Crippen LogP contribution >= 0.6 is 0 Å². The van der Waals surface area contributed by atoms with Crippen molar-refractivity contribution in [3.8, 4) is 5.75 Å². The summed E-state index contributed by atoms with van der Waals surface area (Å²) >= 11 is 0. The molecule has 0 aromatic heterocycles. The number of carbonyl (C=O) groups excluding carboxylic acids is 4. The number of phenols is 1. The lowest BCUT2D eigenvalue weighted by Crippen LogP contribution is -2.55. The van der Waals surface area contributed by atoms with Crippen molar-refractivity contribution >= 4 is 29.2 Å². The van der Waals surface area contributed by atoms with E-state index in [2.05, 4.69) is 37.3 Å². The molecule has 0 bridgehead atoms. The number of nitrogens with one attached hydrogen (secondary N) is 2. The number of piperidine rings is 1. The Morgan fingerprint density at radius 2 is 1.47 bits per heavy atom. The van der Waals surface area contributed by atoms with Gasteiger partial charge in [-0.15, -0.1) is 0 Å². The number of carbonyl (C=O) groups is 4. The van der Waals surface area contributed by atoms with Crippen molar-refractivity contribution in [3.63, 3.8) is 0 Å². The third-order valence-electron chi connectivity index (χ3n) is 8.41. The van der Waals surface area contributed by atoms with Crippen LogP contribution in [-0.4, -0.2) is 106 Å². The van der Waals surface area contributed by atoms with Crippen molar-refractivity contribution in [2.75, 3.05) is 66.0 Å². The summed E-state index contributed by atoms with van der Waals surface area (Å²) in [6, 6.07) is 5.98. The molecule has 1 fully saturated rings. The van der Waals surface area contributed by atoms with Crippen molar-refractivity contribution in [2.24, 2.45) is 0 Å². The molecule has 0 spiro atoms. The Kier molecular flexibility index (Phi) is 21.6. The van der Waals surface area contributed by atoms with Crippen molar-refractivity contribution in [1.29, 1.82) is 0 Å². The summed E-state index contributed by atoms with van der Waals surface area (Å²) < 4.78 is 28.0. The molecule has 2 heterocycles. The molecule has 0 radical (unpaired) electrons. The van der Waals surface area contributed by atoms with Crippen LogP contribution in [0.2, 0.25) is 0 Å². The number of nitrogens with zero attached hydrogens (tertiary/aromatic N) is 1. The Balaban J connectivity index is 1.24. The fourth-order valence-corrected chi connectivity index (χ4v) is 5.57. The minimum atomic E-state index is -1.06. The fourth-order valence-electron chi connectivity index (χ4n) is 5.57. The minimum absolute atomic E-state index is 0.0414. The van der Waals surface area contributed by atoms with Gasteiger partial charge in [0.15, 0.2) is 0 Å². The van der Waals surface area contributed by atoms with Crippen molar-refractivity contribution < 1.29 is 48.0 Å². The second kappa shape index (κ2) is 26.9. The van der Waals surface area contributed by atoms with Crippen LogP contribution < -0.4 is 10.6 Å². The monoisotopic (exact) mass is 797 g/mol. The van der Waals surface area contributed by atoms with E-state index >= 15 is 0 Å². The third-order valence-corrected chi connectivity index (χ3v) is 8.41. The van der Waals surface area contributed by atoms with Crippen molar-refractivity contribution in [3.05, 3.63) is 145 Å². The number of hydrogen-bond acceptors (Lipinski definition) is 11. The van der Waals surface area contributed by atoms with Gasteiger partial charge in [-0.1, -0.05) is 87.4 Å². The first kappa shape index (κ1) is 46.5. The lowest BCUT2D eigenvalue weighted by atomic mass is 9.91. The van der Waals surface area contributed by atoms with Crippen molar-refractivity contribution in [1.82, 2.24) is 15.5 Å². The topological polar surface area (TPSA) is 162 Å². The Bertz CT molecular complexity index is 1800. The molecule has 0 saturated carbocycles. The van der Waals surface area contributed by atoms with Gasteiger partial charge in [0.1, 0.15) is 24.2 Å². The highest BCUT2D eigenvalue weighted by molar-refractivity contribution is 6.11. The molecule has 1 saturated heterocycles. The standard InChI is InChI=1S/C45H55N3O10/c1-5-7-8-9-12-36(6-2)44(37-17-19-39(49)20-18-37)34(3)15-16-35(4)58-32-31-57-30-29-56-28-27-55-26-25-54-24-23-46-38-13-10-11-14-42(51)48(43(52)33-38)40-21-22-41(50)47-45(40)53/h5,7-20,33,40,46,49H,1,3-4,6,21-32H2,2H3,(H,47,50,53)/b8-7-,12-9+,13-10-,14-11+,16-15-,38-33-,44-36+. The molecule has 1 unspecified atom stereocenters. The van der Waals surface area contributed by atoms with Crippen LogP contribution in [0.4, 0.5) is 0 Å². The summed E-state index contributed by atoms with van der Waals surface area (Å²) in [4.78, 5) is 50.3. The summed E-state index contributed by atoms with van der Waals surface area (Å²) in [5, 5.41) is 15.1. The number of hydrogen-bond donors (Lipinski definition) is 3. The number of amides is 4. The second-order valence-electron chi connectivity index (χ2n) is 12.7. The number of ether oxygens (including phenoxy) is 5. The van der Waals surface area contributed by atoms with E-state index in [-0.39, 0.29) is 18.6 Å². The van der Waals surface area contributed by atoms with Gasteiger partial charge >= 0.3 is 0 Å². The van der Waals surface area contributed by atoms with E-state index in [0.717, 1.165) is 33.6 Å². The zero-order valence-corrected chi connectivity index (χ0v) is 33.2. The molecule has 1 aromatic carbocycles. The summed E-state index contributed by atoms with van der Waals surface area (Å²) in [5.74, 6) is -1.75. The zero-order valence-electron chi connectivity index (χ0n) is 33.2. The van der Waals surface area contributed by atoms with E-state index in [9.17, 15) is 24.3 Å². The van der Waals surface area contributed by atoms with Crippen LogP contribution in [0.1, 0.15) is 31.7 Å². The predicted octanol–water partition coefficient (Wildman–Crippen LogP) is 5.32. The molecule has 1 atom stereocenters. The predicted molar refractivity (Wildman–Crippen MR) is 223 cm³/mol. The molecule has 58 heavy (non-hydrogen) atoms. The minimum Gasteiger partial charge on any atom is -0.508 e. The Hall–Kier alpha value is -5.86.